The topological polar surface area (TPSA) is 46.5 Å². The van der Waals surface area contributed by atoms with Crippen molar-refractivity contribution in [2.45, 2.75) is 53.9 Å². The van der Waals surface area contributed by atoms with E-state index in [4.69, 9.17) is 4.89 Å². The predicted molar refractivity (Wildman–Crippen MR) is 102 cm³/mol. The summed E-state index contributed by atoms with van der Waals surface area (Å²) in [5.41, 5.74) is 5.42. The summed E-state index contributed by atoms with van der Waals surface area (Å²) in [6, 6.07) is 0. The molecule has 0 saturated carbocycles. The Labute approximate surface area is 147 Å². The first kappa shape index (κ1) is 20.8. The Morgan fingerprint density at radius 1 is 1.29 bits per heavy atom. The maximum absolute atomic E-state index is 10.4. The molecule has 0 aliphatic heterocycles. The van der Waals surface area contributed by atoms with E-state index in [1.54, 1.807) is 6.08 Å². The van der Waals surface area contributed by atoms with Crippen molar-refractivity contribution in [2.75, 3.05) is 6.61 Å². The van der Waals surface area contributed by atoms with E-state index in [1.807, 2.05) is 19.1 Å². The second kappa shape index (κ2) is 9.88. The van der Waals surface area contributed by atoms with Crippen LogP contribution in [0.3, 0.4) is 0 Å². The van der Waals surface area contributed by atoms with Crippen molar-refractivity contribution in [2.24, 2.45) is 5.41 Å². The molecule has 0 fully saturated rings. The van der Waals surface area contributed by atoms with Gasteiger partial charge in [-0.1, -0.05) is 67.0 Å². The van der Waals surface area contributed by atoms with E-state index in [-0.39, 0.29) is 12.0 Å². The smallest absolute Gasteiger partial charge is 0.133 e. The van der Waals surface area contributed by atoms with Crippen molar-refractivity contribution in [3.63, 3.8) is 0 Å². The summed E-state index contributed by atoms with van der Waals surface area (Å²) >= 11 is 0. The van der Waals surface area contributed by atoms with Crippen molar-refractivity contribution in [1.29, 1.82) is 0 Å². The molecule has 24 heavy (non-hydrogen) atoms. The van der Waals surface area contributed by atoms with Gasteiger partial charge in [0, 0.05) is 4.57 Å². The normalized spacial score (nSPS) is 20.3. The third kappa shape index (κ3) is 7.53. The van der Waals surface area contributed by atoms with Crippen molar-refractivity contribution in [3.8, 4) is 0 Å². The minimum Gasteiger partial charge on any atom is -0.133 e. The van der Waals surface area contributed by atoms with Gasteiger partial charge in [0.05, 0.1) is 0 Å². The molecule has 1 aliphatic carbocycles. The molecule has 0 radical (unpaired) electrons. The van der Waals surface area contributed by atoms with Gasteiger partial charge in [-0.15, -0.1) is 9.42 Å². The van der Waals surface area contributed by atoms with E-state index in [9.17, 15) is 4.57 Å². The van der Waals surface area contributed by atoms with Gasteiger partial charge >= 0.3 is 8.25 Å². The fourth-order valence-electron chi connectivity index (χ4n) is 2.93. The van der Waals surface area contributed by atoms with Crippen LogP contribution in [-0.4, -0.2) is 11.5 Å². The Balaban J connectivity index is 2.67. The second-order valence-electron chi connectivity index (χ2n) is 7.02. The van der Waals surface area contributed by atoms with E-state index in [2.05, 4.69) is 50.4 Å². The molecule has 3 nitrogen and oxygen atoms in total. The summed E-state index contributed by atoms with van der Waals surface area (Å²) in [6.07, 6.45) is 16.0. The Kier molecular flexibility index (Phi) is 8.55. The standard InChI is InChI=1S/C20H29O3P/c1-16(8-6-9-17(2)13-15-23-24(21)22)11-12-19-18(3)10-7-14-20(19,4)5/h6,8-9,11-13H,7,10,14-15H2,1-5H3/p+1. The maximum Gasteiger partial charge on any atom is 0.695 e. The highest BCUT2D eigenvalue weighted by atomic mass is 31.1. The molecule has 0 aromatic heterocycles. The number of allylic oxidation sites excluding steroid dienone is 9. The fraction of sp³-hybridized carbons (Fsp3) is 0.500. The zero-order chi connectivity index (χ0) is 18.2. The highest BCUT2D eigenvalue weighted by Crippen LogP contribution is 2.40. The van der Waals surface area contributed by atoms with Crippen LogP contribution in [0.25, 0.3) is 0 Å². The van der Waals surface area contributed by atoms with Gasteiger partial charge in [0.1, 0.15) is 6.61 Å². The summed E-state index contributed by atoms with van der Waals surface area (Å²) < 4.78 is 15.0. The van der Waals surface area contributed by atoms with Gasteiger partial charge < -0.3 is 0 Å². The van der Waals surface area contributed by atoms with Gasteiger partial charge in [-0.3, -0.25) is 0 Å². The molecule has 1 aliphatic rings. The molecule has 0 saturated heterocycles. The van der Waals surface area contributed by atoms with E-state index in [0.29, 0.717) is 0 Å². The van der Waals surface area contributed by atoms with Crippen LogP contribution in [0.5, 0.6) is 0 Å². The zero-order valence-electron chi connectivity index (χ0n) is 15.5. The molecule has 0 bridgehead atoms. The van der Waals surface area contributed by atoms with E-state index < -0.39 is 8.25 Å². The van der Waals surface area contributed by atoms with Crippen LogP contribution in [-0.2, 0) is 9.09 Å². The van der Waals surface area contributed by atoms with E-state index in [0.717, 1.165) is 5.57 Å². The fourth-order valence-corrected chi connectivity index (χ4v) is 3.13. The van der Waals surface area contributed by atoms with Crippen LogP contribution >= 0.6 is 8.25 Å². The van der Waals surface area contributed by atoms with Crippen molar-refractivity contribution < 1.29 is 14.0 Å². The molecule has 0 aromatic rings. The van der Waals surface area contributed by atoms with Gasteiger partial charge in [0.2, 0.25) is 0 Å². The first-order valence-corrected chi connectivity index (χ1v) is 9.54. The summed E-state index contributed by atoms with van der Waals surface area (Å²) in [5.74, 6) is 0. The van der Waals surface area contributed by atoms with Crippen LogP contribution in [0.15, 0.2) is 58.7 Å². The van der Waals surface area contributed by atoms with Crippen LogP contribution in [0, 0.1) is 5.41 Å². The molecular weight excluding hydrogens is 319 g/mol. The van der Waals surface area contributed by atoms with E-state index in [1.165, 1.54) is 36.0 Å². The Hall–Kier alpha value is -1.28. The first-order chi connectivity index (χ1) is 11.2. The largest absolute Gasteiger partial charge is 0.695 e. The van der Waals surface area contributed by atoms with Crippen molar-refractivity contribution in [1.82, 2.24) is 0 Å². The molecule has 1 rings (SSSR count). The highest BCUT2D eigenvalue weighted by Gasteiger charge is 2.26. The van der Waals surface area contributed by atoms with Gasteiger partial charge in [-0.25, -0.2) is 0 Å². The minimum absolute atomic E-state index is 0.146. The molecule has 132 valence electrons. The quantitative estimate of drug-likeness (QED) is 0.441. The Morgan fingerprint density at radius 3 is 2.62 bits per heavy atom. The Bertz CT molecular complexity index is 604. The SMILES string of the molecule is CC(C=CC1=C(C)CCCC1(C)C)=CC=CC(C)=CCO[P+](=O)O. The molecule has 1 N–H and O–H groups in total. The van der Waals surface area contributed by atoms with Gasteiger partial charge in [0.15, 0.2) is 0 Å². The molecule has 0 heterocycles. The number of rotatable bonds is 7. The van der Waals surface area contributed by atoms with E-state index >= 15 is 0 Å². The van der Waals surface area contributed by atoms with Crippen molar-refractivity contribution >= 4 is 8.25 Å². The van der Waals surface area contributed by atoms with Gasteiger partial charge in [0.25, 0.3) is 0 Å². The van der Waals surface area contributed by atoms with Crippen LogP contribution in [0.1, 0.15) is 53.9 Å². The van der Waals surface area contributed by atoms with Crippen LogP contribution in [0.2, 0.25) is 0 Å². The lowest BCUT2D eigenvalue weighted by Gasteiger charge is -2.32. The van der Waals surface area contributed by atoms with Crippen LogP contribution < -0.4 is 0 Å². The lowest BCUT2D eigenvalue weighted by Crippen LogP contribution is -2.19. The third-order valence-corrected chi connectivity index (χ3v) is 4.73. The monoisotopic (exact) mass is 349 g/mol. The predicted octanol–water partition coefficient (Wildman–Crippen LogP) is 6.18. The summed E-state index contributed by atoms with van der Waals surface area (Å²) in [6.45, 7) is 11.1. The zero-order valence-corrected chi connectivity index (χ0v) is 16.4. The molecule has 4 heteroatoms. The number of hydrogen-bond donors (Lipinski definition) is 1. The van der Waals surface area contributed by atoms with Gasteiger partial charge in [-0.2, -0.15) is 0 Å². The summed E-state index contributed by atoms with van der Waals surface area (Å²) in [7, 11) is -2.52. The van der Waals surface area contributed by atoms with Gasteiger partial charge in [-0.05, 0) is 51.0 Å². The summed E-state index contributed by atoms with van der Waals surface area (Å²) in [5, 5.41) is 0. The minimum atomic E-state index is -2.52. The average Bonchev–Trinajstić information content (AvgIpc) is 2.45. The number of hydrogen-bond acceptors (Lipinski definition) is 2. The average molecular weight is 349 g/mol. The van der Waals surface area contributed by atoms with Crippen molar-refractivity contribution in [3.05, 3.63) is 58.7 Å². The molecule has 0 spiro atoms. The molecular formula is C20H30O3P+. The molecule has 0 aromatic carbocycles. The maximum atomic E-state index is 10.4. The second-order valence-corrected chi connectivity index (χ2v) is 7.75. The lowest BCUT2D eigenvalue weighted by molar-refractivity contribution is 0.312. The third-order valence-electron chi connectivity index (χ3n) is 4.36. The molecule has 0 amide bonds. The molecule has 1 atom stereocenters. The first-order valence-electron chi connectivity index (χ1n) is 8.41. The molecule has 1 unspecified atom stereocenters. The lowest BCUT2D eigenvalue weighted by atomic mass is 9.72. The summed E-state index contributed by atoms with van der Waals surface area (Å²) in [4.78, 5) is 8.56. The highest BCUT2D eigenvalue weighted by molar-refractivity contribution is 7.32. The Morgan fingerprint density at radius 2 is 2.00 bits per heavy atom. The van der Waals surface area contributed by atoms with Crippen LogP contribution in [0.4, 0.5) is 0 Å².